The van der Waals surface area contributed by atoms with Gasteiger partial charge in [-0.2, -0.15) is 9.61 Å². The fourth-order valence-electron chi connectivity index (χ4n) is 3.41. The zero-order valence-electron chi connectivity index (χ0n) is 17.5. The quantitative estimate of drug-likeness (QED) is 0.375. The summed E-state index contributed by atoms with van der Waals surface area (Å²) < 4.78 is 1.69. The number of carbonyl (C=O) groups is 1. The van der Waals surface area contributed by atoms with Crippen molar-refractivity contribution in [3.8, 4) is 22.6 Å². The third-order valence-electron chi connectivity index (χ3n) is 5.13. The van der Waals surface area contributed by atoms with Gasteiger partial charge in [-0.3, -0.25) is 4.98 Å². The Morgan fingerprint density at radius 2 is 1.73 bits per heavy atom. The van der Waals surface area contributed by atoms with E-state index in [0.29, 0.717) is 33.6 Å². The number of amides is 2. The van der Waals surface area contributed by atoms with Crippen LogP contribution in [0.25, 0.3) is 28.3 Å². The van der Waals surface area contributed by atoms with Gasteiger partial charge in [0, 0.05) is 39.9 Å². The van der Waals surface area contributed by atoms with Crippen molar-refractivity contribution in [2.75, 3.05) is 10.6 Å². The van der Waals surface area contributed by atoms with Crippen LogP contribution >= 0.6 is 11.6 Å². The summed E-state index contributed by atoms with van der Waals surface area (Å²) in [5.74, 6) is 0.625. The van der Waals surface area contributed by atoms with Crippen LogP contribution in [0.5, 0.6) is 0 Å². The fraction of sp³-hybridized carbons (Fsp3) is 0.0417. The van der Waals surface area contributed by atoms with Gasteiger partial charge in [0.15, 0.2) is 11.5 Å². The van der Waals surface area contributed by atoms with E-state index < -0.39 is 0 Å². The molecule has 0 saturated carbocycles. The normalized spacial score (nSPS) is 10.8. The molecule has 0 aliphatic carbocycles. The number of pyridine rings is 1. The summed E-state index contributed by atoms with van der Waals surface area (Å²) in [6, 6.07) is 19.9. The lowest BCUT2D eigenvalue weighted by atomic mass is 10.1. The van der Waals surface area contributed by atoms with Gasteiger partial charge in [0.1, 0.15) is 0 Å². The highest BCUT2D eigenvalue weighted by Gasteiger charge is 2.12. The van der Waals surface area contributed by atoms with E-state index in [-0.39, 0.29) is 6.03 Å². The van der Waals surface area contributed by atoms with Gasteiger partial charge in [-0.15, -0.1) is 10.2 Å². The molecule has 0 radical (unpaired) electrons. The molecule has 0 aliphatic heterocycles. The smallest absolute Gasteiger partial charge is 0.308 e. The second kappa shape index (κ2) is 8.68. The minimum Gasteiger partial charge on any atom is -0.308 e. The Hall–Kier alpha value is -4.30. The first-order valence-electron chi connectivity index (χ1n) is 10.1. The molecule has 5 aromatic rings. The highest BCUT2D eigenvalue weighted by Crippen LogP contribution is 2.25. The van der Waals surface area contributed by atoms with Crippen LogP contribution in [0, 0.1) is 6.92 Å². The molecule has 3 aromatic heterocycles. The first-order valence-corrected chi connectivity index (χ1v) is 10.5. The first-order chi connectivity index (χ1) is 16.1. The van der Waals surface area contributed by atoms with Crippen molar-refractivity contribution >= 4 is 34.7 Å². The van der Waals surface area contributed by atoms with Gasteiger partial charge in [-0.05, 0) is 61.0 Å². The van der Waals surface area contributed by atoms with E-state index in [1.54, 1.807) is 35.1 Å². The van der Waals surface area contributed by atoms with Crippen LogP contribution in [0.4, 0.5) is 16.2 Å². The molecule has 3 heterocycles. The van der Waals surface area contributed by atoms with Gasteiger partial charge in [0.2, 0.25) is 0 Å². The second-order valence-electron chi connectivity index (χ2n) is 7.32. The number of hydrogen-bond acceptors (Lipinski definition) is 5. The van der Waals surface area contributed by atoms with Crippen LogP contribution in [0.15, 0.2) is 79.1 Å². The molecule has 5 rings (SSSR count). The fourth-order valence-corrected chi connectivity index (χ4v) is 3.58. The SMILES string of the molecule is Cc1c(Cl)cccc1NC(=O)Nc1cccc(-c2ccc3nnc(-c4ccncc4)n3n2)c1. The molecule has 0 saturated heterocycles. The third-order valence-corrected chi connectivity index (χ3v) is 5.54. The summed E-state index contributed by atoms with van der Waals surface area (Å²) in [5, 5.41) is 19.5. The van der Waals surface area contributed by atoms with Crippen molar-refractivity contribution in [1.29, 1.82) is 0 Å². The molecular formula is C24H18ClN7O. The first kappa shape index (κ1) is 20.6. The minimum atomic E-state index is -0.361. The minimum absolute atomic E-state index is 0.361. The van der Waals surface area contributed by atoms with Crippen molar-refractivity contribution in [2.24, 2.45) is 0 Å². The summed E-state index contributed by atoms with van der Waals surface area (Å²) in [5.41, 5.74) is 5.14. The molecule has 33 heavy (non-hydrogen) atoms. The standard InChI is InChI=1S/C24H18ClN7O/c1-15-19(25)6-3-7-20(15)28-24(33)27-18-5-2-4-17(14-18)21-8-9-22-29-30-23(32(22)31-21)16-10-12-26-13-11-16/h2-14H,1H3,(H2,27,28,33). The molecule has 8 nitrogen and oxygen atoms in total. The van der Waals surface area contributed by atoms with Crippen LogP contribution < -0.4 is 10.6 Å². The number of rotatable bonds is 4. The summed E-state index contributed by atoms with van der Waals surface area (Å²) in [4.78, 5) is 16.6. The summed E-state index contributed by atoms with van der Waals surface area (Å²) in [7, 11) is 0. The zero-order valence-corrected chi connectivity index (χ0v) is 18.3. The maximum Gasteiger partial charge on any atom is 0.323 e. The number of anilines is 2. The van der Waals surface area contributed by atoms with Gasteiger partial charge >= 0.3 is 6.03 Å². The number of halogens is 1. The number of urea groups is 1. The Bertz CT molecular complexity index is 1470. The van der Waals surface area contributed by atoms with Crippen LogP contribution in [0.1, 0.15) is 5.56 Å². The van der Waals surface area contributed by atoms with E-state index in [0.717, 1.165) is 16.7 Å². The highest BCUT2D eigenvalue weighted by atomic mass is 35.5. The third kappa shape index (κ3) is 4.24. The number of nitrogens with one attached hydrogen (secondary N) is 2. The zero-order chi connectivity index (χ0) is 22.8. The summed E-state index contributed by atoms with van der Waals surface area (Å²) >= 11 is 6.14. The summed E-state index contributed by atoms with van der Waals surface area (Å²) in [6.45, 7) is 1.85. The van der Waals surface area contributed by atoms with E-state index in [2.05, 4.69) is 25.8 Å². The summed E-state index contributed by atoms with van der Waals surface area (Å²) in [6.07, 6.45) is 3.40. The number of aromatic nitrogens is 5. The topological polar surface area (TPSA) is 97.1 Å². The maximum absolute atomic E-state index is 12.5. The lowest BCUT2D eigenvalue weighted by molar-refractivity contribution is 0.262. The number of benzene rings is 2. The Morgan fingerprint density at radius 3 is 2.58 bits per heavy atom. The number of fused-ring (bicyclic) bond motifs is 1. The van der Waals surface area contributed by atoms with Gasteiger partial charge in [-0.1, -0.05) is 29.8 Å². The number of nitrogens with zero attached hydrogens (tertiary/aromatic N) is 5. The highest BCUT2D eigenvalue weighted by molar-refractivity contribution is 6.31. The Kier molecular flexibility index (Phi) is 5.42. The Labute approximate surface area is 194 Å². The van der Waals surface area contributed by atoms with Gasteiger partial charge in [-0.25, -0.2) is 4.79 Å². The lowest BCUT2D eigenvalue weighted by Crippen LogP contribution is -2.20. The van der Waals surface area contributed by atoms with Crippen molar-refractivity contribution in [3.05, 3.63) is 89.7 Å². The molecule has 2 amide bonds. The number of hydrogen-bond donors (Lipinski definition) is 2. The van der Waals surface area contributed by atoms with Crippen LogP contribution in [-0.2, 0) is 0 Å². The van der Waals surface area contributed by atoms with Crippen molar-refractivity contribution in [3.63, 3.8) is 0 Å². The number of carbonyl (C=O) groups excluding carboxylic acids is 1. The molecule has 2 aromatic carbocycles. The predicted octanol–water partition coefficient (Wildman–Crippen LogP) is 5.46. The largest absolute Gasteiger partial charge is 0.323 e. The predicted molar refractivity (Wildman–Crippen MR) is 128 cm³/mol. The van der Waals surface area contributed by atoms with Crippen LogP contribution in [-0.4, -0.2) is 30.8 Å². The van der Waals surface area contributed by atoms with Gasteiger partial charge in [0.05, 0.1) is 5.69 Å². The van der Waals surface area contributed by atoms with Crippen LogP contribution in [0.2, 0.25) is 5.02 Å². The van der Waals surface area contributed by atoms with E-state index >= 15 is 0 Å². The monoisotopic (exact) mass is 455 g/mol. The average Bonchev–Trinajstić information content (AvgIpc) is 3.26. The van der Waals surface area contributed by atoms with E-state index in [1.165, 1.54) is 0 Å². The van der Waals surface area contributed by atoms with E-state index in [1.807, 2.05) is 55.5 Å². The molecule has 0 spiro atoms. The van der Waals surface area contributed by atoms with Gasteiger partial charge in [0.25, 0.3) is 0 Å². The van der Waals surface area contributed by atoms with E-state index in [9.17, 15) is 4.79 Å². The maximum atomic E-state index is 12.5. The Balaban J connectivity index is 1.41. The molecular weight excluding hydrogens is 438 g/mol. The average molecular weight is 456 g/mol. The molecule has 2 N–H and O–H groups in total. The molecule has 0 fully saturated rings. The second-order valence-corrected chi connectivity index (χ2v) is 7.73. The van der Waals surface area contributed by atoms with Gasteiger partial charge < -0.3 is 10.6 Å². The molecule has 0 bridgehead atoms. The molecule has 0 aliphatic rings. The molecule has 0 atom stereocenters. The Morgan fingerprint density at radius 1 is 0.909 bits per heavy atom. The molecule has 162 valence electrons. The van der Waals surface area contributed by atoms with E-state index in [4.69, 9.17) is 16.7 Å². The van der Waals surface area contributed by atoms with Crippen molar-refractivity contribution in [2.45, 2.75) is 6.92 Å². The lowest BCUT2D eigenvalue weighted by Gasteiger charge is -2.11. The molecule has 9 heteroatoms. The molecule has 0 unspecified atom stereocenters. The van der Waals surface area contributed by atoms with Crippen molar-refractivity contribution < 1.29 is 4.79 Å². The van der Waals surface area contributed by atoms with Crippen molar-refractivity contribution in [1.82, 2.24) is 24.8 Å². The van der Waals surface area contributed by atoms with Crippen LogP contribution in [0.3, 0.4) is 0 Å².